The molecule has 0 aliphatic rings. The molecule has 0 amide bonds. The maximum Gasteiger partial charge on any atom is 0.0671 e. The average molecular weight is 235 g/mol. The maximum atomic E-state index is 5.50. The topological polar surface area (TPSA) is 21.3 Å². The molecule has 2 heteroatoms. The SMILES string of the molecule is CCOC(C)CNC(C)c1ccc(CC)cc1. The van der Waals surface area contributed by atoms with Crippen LogP contribution in [0.5, 0.6) is 0 Å². The number of benzene rings is 1. The minimum atomic E-state index is 0.275. The summed E-state index contributed by atoms with van der Waals surface area (Å²) < 4.78 is 5.50. The lowest BCUT2D eigenvalue weighted by Crippen LogP contribution is -2.29. The van der Waals surface area contributed by atoms with Crippen LogP contribution in [0.3, 0.4) is 0 Å². The van der Waals surface area contributed by atoms with Crippen LogP contribution in [-0.4, -0.2) is 19.3 Å². The molecule has 0 bridgehead atoms. The van der Waals surface area contributed by atoms with Crippen molar-refractivity contribution in [3.63, 3.8) is 0 Å². The van der Waals surface area contributed by atoms with E-state index in [0.717, 1.165) is 19.6 Å². The van der Waals surface area contributed by atoms with Crippen molar-refractivity contribution in [2.75, 3.05) is 13.2 Å². The highest BCUT2D eigenvalue weighted by Gasteiger charge is 2.07. The van der Waals surface area contributed by atoms with E-state index >= 15 is 0 Å². The maximum absolute atomic E-state index is 5.50. The van der Waals surface area contributed by atoms with Gasteiger partial charge in [0.15, 0.2) is 0 Å². The van der Waals surface area contributed by atoms with Gasteiger partial charge in [0.2, 0.25) is 0 Å². The standard InChI is InChI=1S/C15H25NO/c1-5-14-7-9-15(10-8-14)13(4)16-11-12(3)17-6-2/h7-10,12-13,16H,5-6,11H2,1-4H3. The number of rotatable bonds is 7. The van der Waals surface area contributed by atoms with Gasteiger partial charge in [-0.25, -0.2) is 0 Å². The van der Waals surface area contributed by atoms with Crippen LogP contribution < -0.4 is 5.32 Å². The lowest BCUT2D eigenvalue weighted by molar-refractivity contribution is 0.0743. The van der Waals surface area contributed by atoms with Crippen LogP contribution in [0.1, 0.15) is 44.9 Å². The molecule has 0 aliphatic heterocycles. The van der Waals surface area contributed by atoms with E-state index in [1.165, 1.54) is 11.1 Å². The van der Waals surface area contributed by atoms with Crippen molar-refractivity contribution < 1.29 is 4.74 Å². The third kappa shape index (κ3) is 4.88. The Morgan fingerprint density at radius 2 is 1.76 bits per heavy atom. The Labute approximate surface area is 105 Å². The number of ether oxygens (including phenoxy) is 1. The van der Waals surface area contributed by atoms with Crippen LogP contribution in [0.4, 0.5) is 0 Å². The van der Waals surface area contributed by atoms with Crippen LogP contribution in [0, 0.1) is 0 Å². The van der Waals surface area contributed by atoms with E-state index < -0.39 is 0 Å². The molecule has 0 aliphatic carbocycles. The van der Waals surface area contributed by atoms with Crippen molar-refractivity contribution in [1.82, 2.24) is 5.32 Å². The van der Waals surface area contributed by atoms with Gasteiger partial charge in [-0.2, -0.15) is 0 Å². The zero-order chi connectivity index (χ0) is 12.7. The van der Waals surface area contributed by atoms with Gasteiger partial charge >= 0.3 is 0 Å². The normalized spacial score (nSPS) is 14.6. The molecule has 0 saturated heterocycles. The third-order valence-electron chi connectivity index (χ3n) is 3.05. The highest BCUT2D eigenvalue weighted by Crippen LogP contribution is 2.13. The summed E-state index contributed by atoms with van der Waals surface area (Å²) in [6.07, 6.45) is 1.38. The molecule has 0 fully saturated rings. The zero-order valence-corrected chi connectivity index (χ0v) is 11.5. The fraction of sp³-hybridized carbons (Fsp3) is 0.600. The third-order valence-corrected chi connectivity index (χ3v) is 3.05. The molecule has 1 N–H and O–H groups in total. The number of hydrogen-bond acceptors (Lipinski definition) is 2. The molecule has 17 heavy (non-hydrogen) atoms. The van der Waals surface area contributed by atoms with Crippen molar-refractivity contribution in [2.45, 2.75) is 46.3 Å². The second-order valence-corrected chi connectivity index (χ2v) is 4.49. The van der Waals surface area contributed by atoms with Crippen LogP contribution in [0.15, 0.2) is 24.3 Å². The molecule has 0 saturated carbocycles. The van der Waals surface area contributed by atoms with Gasteiger partial charge in [0.25, 0.3) is 0 Å². The van der Waals surface area contributed by atoms with Gasteiger partial charge in [0, 0.05) is 19.2 Å². The van der Waals surface area contributed by atoms with E-state index in [2.05, 4.69) is 50.4 Å². The van der Waals surface area contributed by atoms with Crippen LogP contribution in [0.2, 0.25) is 0 Å². The summed E-state index contributed by atoms with van der Waals surface area (Å²) in [5.74, 6) is 0. The Balaban J connectivity index is 2.43. The lowest BCUT2D eigenvalue weighted by Gasteiger charge is -2.18. The largest absolute Gasteiger partial charge is 0.377 e. The van der Waals surface area contributed by atoms with Gasteiger partial charge in [-0.1, -0.05) is 31.2 Å². The summed E-state index contributed by atoms with van der Waals surface area (Å²) in [7, 11) is 0. The molecule has 1 aromatic carbocycles. The number of nitrogens with one attached hydrogen (secondary N) is 1. The molecule has 2 atom stereocenters. The first-order valence-corrected chi connectivity index (χ1v) is 6.61. The molecule has 2 nitrogen and oxygen atoms in total. The van der Waals surface area contributed by atoms with Crippen LogP contribution in [-0.2, 0) is 11.2 Å². The Kier molecular flexibility index (Phi) is 6.23. The molecule has 0 radical (unpaired) electrons. The van der Waals surface area contributed by atoms with E-state index in [4.69, 9.17) is 4.74 Å². The Morgan fingerprint density at radius 1 is 1.12 bits per heavy atom. The number of aryl methyl sites for hydroxylation is 1. The van der Waals surface area contributed by atoms with E-state index in [1.54, 1.807) is 0 Å². The summed E-state index contributed by atoms with van der Waals surface area (Å²) in [5.41, 5.74) is 2.73. The fourth-order valence-corrected chi connectivity index (χ4v) is 1.85. The smallest absolute Gasteiger partial charge is 0.0671 e. The summed E-state index contributed by atoms with van der Waals surface area (Å²) in [6, 6.07) is 9.21. The lowest BCUT2D eigenvalue weighted by atomic mass is 10.0. The zero-order valence-electron chi connectivity index (χ0n) is 11.5. The van der Waals surface area contributed by atoms with Gasteiger partial charge in [-0.3, -0.25) is 0 Å². The Morgan fingerprint density at radius 3 is 2.29 bits per heavy atom. The summed E-state index contributed by atoms with van der Waals surface area (Å²) in [5, 5.41) is 3.50. The molecule has 2 unspecified atom stereocenters. The molecular formula is C15H25NO. The first kappa shape index (κ1) is 14.2. The fourth-order valence-electron chi connectivity index (χ4n) is 1.85. The van der Waals surface area contributed by atoms with Crippen LogP contribution >= 0.6 is 0 Å². The second-order valence-electron chi connectivity index (χ2n) is 4.49. The van der Waals surface area contributed by atoms with Crippen LogP contribution in [0.25, 0.3) is 0 Å². The molecule has 0 heterocycles. The van der Waals surface area contributed by atoms with Gasteiger partial charge in [0.1, 0.15) is 0 Å². The summed E-state index contributed by atoms with van der Waals surface area (Å²) in [6.45, 7) is 10.2. The van der Waals surface area contributed by atoms with E-state index in [-0.39, 0.29) is 6.10 Å². The van der Waals surface area contributed by atoms with Crippen molar-refractivity contribution in [3.8, 4) is 0 Å². The van der Waals surface area contributed by atoms with Crippen molar-refractivity contribution in [1.29, 1.82) is 0 Å². The van der Waals surface area contributed by atoms with Gasteiger partial charge in [-0.15, -0.1) is 0 Å². The summed E-state index contributed by atoms with van der Waals surface area (Å²) in [4.78, 5) is 0. The molecule has 0 spiro atoms. The quantitative estimate of drug-likeness (QED) is 0.782. The highest BCUT2D eigenvalue weighted by atomic mass is 16.5. The Hall–Kier alpha value is -0.860. The second kappa shape index (κ2) is 7.46. The minimum Gasteiger partial charge on any atom is -0.377 e. The van der Waals surface area contributed by atoms with E-state index in [0.29, 0.717) is 6.04 Å². The van der Waals surface area contributed by atoms with E-state index in [9.17, 15) is 0 Å². The highest BCUT2D eigenvalue weighted by molar-refractivity contribution is 5.24. The molecular weight excluding hydrogens is 210 g/mol. The van der Waals surface area contributed by atoms with Gasteiger partial charge < -0.3 is 10.1 Å². The van der Waals surface area contributed by atoms with Gasteiger partial charge in [-0.05, 0) is 38.3 Å². The predicted molar refractivity (Wildman–Crippen MR) is 73.3 cm³/mol. The molecule has 0 aromatic heterocycles. The molecule has 1 rings (SSSR count). The molecule has 1 aromatic rings. The Bertz CT molecular complexity index is 307. The average Bonchev–Trinajstić information content (AvgIpc) is 2.36. The number of hydrogen-bond donors (Lipinski definition) is 1. The minimum absolute atomic E-state index is 0.275. The summed E-state index contributed by atoms with van der Waals surface area (Å²) >= 11 is 0. The van der Waals surface area contributed by atoms with E-state index in [1.807, 2.05) is 6.92 Å². The van der Waals surface area contributed by atoms with Crippen molar-refractivity contribution in [3.05, 3.63) is 35.4 Å². The monoisotopic (exact) mass is 235 g/mol. The van der Waals surface area contributed by atoms with Gasteiger partial charge in [0.05, 0.1) is 6.10 Å². The first-order chi connectivity index (χ1) is 8.17. The first-order valence-electron chi connectivity index (χ1n) is 6.61. The molecule has 96 valence electrons. The van der Waals surface area contributed by atoms with Crippen molar-refractivity contribution >= 4 is 0 Å². The predicted octanol–water partition coefficient (Wildman–Crippen LogP) is 3.32. The van der Waals surface area contributed by atoms with Crippen molar-refractivity contribution in [2.24, 2.45) is 0 Å².